The summed E-state index contributed by atoms with van der Waals surface area (Å²) in [5, 5.41) is 2.78. The molecule has 3 nitrogen and oxygen atoms in total. The summed E-state index contributed by atoms with van der Waals surface area (Å²) in [5.74, 6) is -0.843. The van der Waals surface area contributed by atoms with E-state index in [1.165, 1.54) is 55.9 Å². The fourth-order valence-electron chi connectivity index (χ4n) is 4.40. The first-order valence-corrected chi connectivity index (χ1v) is 11.1. The largest absolute Gasteiger partial charge is 1.00 e. The molecule has 1 atom stereocenters. The second-order valence-corrected chi connectivity index (χ2v) is 8.90. The first kappa shape index (κ1) is 25.4. The van der Waals surface area contributed by atoms with Crippen LogP contribution in [0.15, 0.2) is 55.1 Å². The molecule has 0 aromatic heterocycles. The van der Waals surface area contributed by atoms with Crippen LogP contribution >= 0.6 is 11.6 Å². The predicted octanol–water partition coefficient (Wildman–Crippen LogP) is 3.24. The van der Waals surface area contributed by atoms with Gasteiger partial charge in [-0.2, -0.15) is 0 Å². The minimum atomic E-state index is -0.535. The summed E-state index contributed by atoms with van der Waals surface area (Å²) in [6.07, 6.45) is 9.69. The Bertz CT molecular complexity index is 882. The lowest BCUT2D eigenvalue weighted by atomic mass is 9.92. The maximum absolute atomic E-state index is 13.3. The van der Waals surface area contributed by atoms with Gasteiger partial charge in [-0.3, -0.25) is 4.79 Å². The zero-order valence-corrected chi connectivity index (χ0v) is 19.6. The number of hydrogen-bond acceptors (Lipinski definition) is 1. The lowest BCUT2D eigenvalue weighted by Crippen LogP contribution is -3.00. The number of nitrogens with one attached hydrogen (secondary N) is 1. The van der Waals surface area contributed by atoms with Gasteiger partial charge in [0.2, 0.25) is 0 Å². The van der Waals surface area contributed by atoms with Crippen molar-refractivity contribution in [3.63, 3.8) is 0 Å². The van der Waals surface area contributed by atoms with E-state index in [0.29, 0.717) is 11.3 Å². The van der Waals surface area contributed by atoms with E-state index in [4.69, 9.17) is 11.6 Å². The van der Waals surface area contributed by atoms with Gasteiger partial charge in [0, 0.05) is 17.7 Å². The van der Waals surface area contributed by atoms with Crippen LogP contribution in [-0.2, 0) is 6.42 Å². The summed E-state index contributed by atoms with van der Waals surface area (Å²) in [5.41, 5.74) is 2.29. The Morgan fingerprint density at radius 3 is 2.48 bits per heavy atom. The Balaban J connectivity index is 0.00000341. The minimum Gasteiger partial charge on any atom is -1.00 e. The molecule has 1 aliphatic carbocycles. The van der Waals surface area contributed by atoms with Crippen LogP contribution in [0.1, 0.15) is 48.0 Å². The molecule has 31 heavy (non-hydrogen) atoms. The Labute approximate surface area is 196 Å². The molecule has 2 aromatic rings. The molecule has 1 saturated carbocycles. The number of halogens is 3. The number of benzene rings is 2. The molecule has 0 saturated heterocycles. The molecule has 0 spiro atoms. The highest BCUT2D eigenvalue weighted by Crippen LogP contribution is 2.28. The van der Waals surface area contributed by atoms with Gasteiger partial charge in [-0.25, -0.2) is 4.39 Å². The number of anilines is 1. The highest BCUT2D eigenvalue weighted by atomic mass is 35.5. The lowest BCUT2D eigenvalue weighted by Gasteiger charge is -2.43. The number of rotatable bonds is 8. The molecule has 6 heteroatoms. The number of amides is 1. The first-order chi connectivity index (χ1) is 14.4. The van der Waals surface area contributed by atoms with Crippen molar-refractivity contribution < 1.29 is 26.1 Å². The summed E-state index contributed by atoms with van der Waals surface area (Å²) in [4.78, 5) is 12.4. The third-order valence-corrected chi connectivity index (χ3v) is 6.60. The van der Waals surface area contributed by atoms with E-state index in [-0.39, 0.29) is 23.3 Å². The molecular weight excluding hydrogens is 434 g/mol. The van der Waals surface area contributed by atoms with Crippen LogP contribution in [0.25, 0.3) is 0 Å². The molecule has 1 aliphatic rings. The van der Waals surface area contributed by atoms with E-state index in [0.717, 1.165) is 30.0 Å². The molecule has 1 unspecified atom stereocenters. The highest BCUT2D eigenvalue weighted by molar-refractivity contribution is 6.31. The molecule has 1 fully saturated rings. The Kier molecular flexibility index (Phi) is 9.54. The monoisotopic (exact) mass is 464 g/mol. The number of likely N-dealkylation sites (N-methyl/N-ethyl adjacent to an activating group) is 1. The molecule has 1 amide bonds. The van der Waals surface area contributed by atoms with Crippen LogP contribution in [0.5, 0.6) is 0 Å². The summed E-state index contributed by atoms with van der Waals surface area (Å²) < 4.78 is 14.3. The molecule has 0 radical (unpaired) electrons. The van der Waals surface area contributed by atoms with Crippen molar-refractivity contribution in [1.82, 2.24) is 0 Å². The summed E-state index contributed by atoms with van der Waals surface area (Å²) in [6.45, 7) is 6.06. The summed E-state index contributed by atoms with van der Waals surface area (Å²) in [7, 11) is 2.36. The van der Waals surface area contributed by atoms with Gasteiger partial charge in [0.05, 0.1) is 31.2 Å². The normalized spacial score (nSPS) is 16.1. The Morgan fingerprint density at radius 2 is 1.87 bits per heavy atom. The van der Waals surface area contributed by atoms with Gasteiger partial charge in [-0.05, 0) is 67.7 Å². The molecule has 3 rings (SSSR count). The Morgan fingerprint density at radius 1 is 1.19 bits per heavy atom. The van der Waals surface area contributed by atoms with E-state index in [2.05, 4.69) is 37.2 Å². The third kappa shape index (κ3) is 6.80. The average molecular weight is 465 g/mol. The van der Waals surface area contributed by atoms with Crippen LogP contribution in [0.3, 0.4) is 0 Å². The maximum Gasteiger partial charge on any atom is 0.255 e. The van der Waals surface area contributed by atoms with Crippen LogP contribution in [0.4, 0.5) is 10.1 Å². The second-order valence-electron chi connectivity index (χ2n) is 8.50. The lowest BCUT2D eigenvalue weighted by molar-refractivity contribution is -0.929. The number of carbonyl (C=O) groups excluding carboxylic acids is 1. The van der Waals surface area contributed by atoms with E-state index in [9.17, 15) is 9.18 Å². The number of hydrogen-bond donors (Lipinski definition) is 1. The van der Waals surface area contributed by atoms with Crippen LogP contribution in [-0.4, -0.2) is 36.6 Å². The maximum atomic E-state index is 13.3. The fraction of sp³-hybridized carbons (Fsp3) is 0.400. The molecule has 0 bridgehead atoms. The molecule has 0 aliphatic heterocycles. The van der Waals surface area contributed by atoms with Gasteiger partial charge in [0.15, 0.2) is 0 Å². The van der Waals surface area contributed by atoms with Gasteiger partial charge in [0.1, 0.15) is 5.82 Å². The van der Waals surface area contributed by atoms with E-state index < -0.39 is 5.82 Å². The standard InChI is InChI=1S/C25H30ClFN2O.ClH/c1-3-16-29(2,22-7-5-4-6-8-22)17-15-19-9-12-21(13-10-19)28-25(30)20-11-14-24(27)23(26)18-20;/h3,9-14,18,22H,1,4-8,15-17H2,2H3;1H. The smallest absolute Gasteiger partial charge is 0.255 e. The molecule has 1 N–H and O–H groups in total. The average Bonchev–Trinajstić information content (AvgIpc) is 2.76. The van der Waals surface area contributed by atoms with Crippen molar-refractivity contribution in [1.29, 1.82) is 0 Å². The molecule has 168 valence electrons. The summed E-state index contributed by atoms with van der Waals surface area (Å²) >= 11 is 5.77. The number of nitrogens with zero attached hydrogens (tertiary/aromatic N) is 1. The number of carbonyl (C=O) groups is 1. The van der Waals surface area contributed by atoms with Gasteiger partial charge >= 0.3 is 0 Å². The van der Waals surface area contributed by atoms with Crippen LogP contribution < -0.4 is 17.7 Å². The third-order valence-electron chi connectivity index (χ3n) is 6.31. The molecule has 0 heterocycles. The van der Waals surface area contributed by atoms with Gasteiger partial charge in [-0.1, -0.05) is 36.7 Å². The van der Waals surface area contributed by atoms with Crippen LogP contribution in [0.2, 0.25) is 5.02 Å². The van der Waals surface area contributed by atoms with Crippen molar-refractivity contribution in [2.24, 2.45) is 0 Å². The highest BCUT2D eigenvalue weighted by Gasteiger charge is 2.32. The van der Waals surface area contributed by atoms with Crippen molar-refractivity contribution in [2.75, 3.05) is 25.5 Å². The Hall–Kier alpha value is -1.88. The van der Waals surface area contributed by atoms with Gasteiger partial charge in [0.25, 0.3) is 5.91 Å². The zero-order valence-electron chi connectivity index (χ0n) is 18.0. The SMILES string of the molecule is C=CC[N+](C)(CCc1ccc(NC(=O)c2ccc(F)c(Cl)c2)cc1)C1CCCCC1.[Cl-]. The van der Waals surface area contributed by atoms with Crippen molar-refractivity contribution in [3.05, 3.63) is 77.1 Å². The predicted molar refractivity (Wildman–Crippen MR) is 122 cm³/mol. The van der Waals surface area contributed by atoms with Crippen molar-refractivity contribution in [2.45, 2.75) is 44.6 Å². The quantitative estimate of drug-likeness (QED) is 0.471. The fourth-order valence-corrected chi connectivity index (χ4v) is 4.58. The topological polar surface area (TPSA) is 29.1 Å². The summed E-state index contributed by atoms with van der Waals surface area (Å²) in [6, 6.07) is 12.6. The van der Waals surface area contributed by atoms with E-state index >= 15 is 0 Å². The van der Waals surface area contributed by atoms with Crippen molar-refractivity contribution in [3.8, 4) is 0 Å². The van der Waals surface area contributed by atoms with Crippen LogP contribution in [0, 0.1) is 5.82 Å². The van der Waals surface area contributed by atoms with Gasteiger partial charge < -0.3 is 22.2 Å². The number of quaternary nitrogens is 1. The van der Waals surface area contributed by atoms with E-state index in [1.54, 1.807) is 0 Å². The minimum absolute atomic E-state index is 0. The first-order valence-electron chi connectivity index (χ1n) is 10.7. The zero-order chi connectivity index (χ0) is 21.6. The van der Waals surface area contributed by atoms with Crippen molar-refractivity contribution >= 4 is 23.2 Å². The molecular formula is C25H31Cl2FN2O. The van der Waals surface area contributed by atoms with Gasteiger partial charge in [-0.15, -0.1) is 0 Å². The molecule has 2 aromatic carbocycles. The van der Waals surface area contributed by atoms with E-state index in [1.807, 2.05) is 12.1 Å². The second kappa shape index (κ2) is 11.7.